The van der Waals surface area contributed by atoms with E-state index < -0.39 is 5.66 Å². The number of ether oxygens (including phenoxy) is 2. The molecule has 2 aliphatic heterocycles. The summed E-state index contributed by atoms with van der Waals surface area (Å²) in [6.45, 7) is 0.836. The van der Waals surface area contributed by atoms with E-state index in [9.17, 15) is 4.79 Å². The summed E-state index contributed by atoms with van der Waals surface area (Å²) in [5, 5.41) is 0.482. The molecule has 4 N–H and O–H groups in total. The monoisotopic (exact) mass is 453 g/mol. The number of halogens is 1. The number of guanidine groups is 2. The van der Waals surface area contributed by atoms with Crippen LogP contribution in [0.2, 0.25) is 5.02 Å². The molecule has 0 atom stereocenters. The van der Waals surface area contributed by atoms with Gasteiger partial charge >= 0.3 is 0 Å². The molecule has 2 heterocycles. The van der Waals surface area contributed by atoms with Gasteiger partial charge in [0.2, 0.25) is 11.9 Å². The number of rotatable bonds is 3. The number of nitrogens with zero attached hydrogens (tertiary/aromatic N) is 3. The first-order valence-corrected chi connectivity index (χ1v) is 11.1. The lowest BCUT2D eigenvalue weighted by Crippen LogP contribution is -2.58. The van der Waals surface area contributed by atoms with Crippen LogP contribution in [0.1, 0.15) is 48.0 Å². The molecule has 0 unspecified atom stereocenters. The Hall–Kier alpha value is -3.26. The molecule has 0 bridgehead atoms. The number of nitrogens with two attached hydrogens (primary N) is 2. The van der Waals surface area contributed by atoms with Gasteiger partial charge in [0.05, 0.1) is 11.3 Å². The number of fused-ring (bicyclic) bond motifs is 1. The third kappa shape index (κ3) is 3.54. The van der Waals surface area contributed by atoms with Crippen LogP contribution in [0.3, 0.4) is 0 Å². The van der Waals surface area contributed by atoms with Crippen molar-refractivity contribution in [2.75, 3.05) is 18.1 Å². The number of hydrogen-bond acceptors (Lipinski definition) is 8. The number of benzene rings is 2. The molecule has 1 spiro atoms. The maximum Gasteiger partial charge on any atom is 0.220 e. The molecule has 0 aromatic heterocycles. The Morgan fingerprint density at radius 1 is 1.03 bits per heavy atom. The summed E-state index contributed by atoms with van der Waals surface area (Å²) in [7, 11) is 0. The van der Waals surface area contributed by atoms with Crippen molar-refractivity contribution in [3.63, 3.8) is 0 Å². The Bertz CT molecular complexity index is 1140. The van der Waals surface area contributed by atoms with Crippen molar-refractivity contribution >= 4 is 35.0 Å². The van der Waals surface area contributed by atoms with Gasteiger partial charge in [-0.3, -0.25) is 9.69 Å². The van der Waals surface area contributed by atoms with Crippen LogP contribution < -0.4 is 25.8 Å². The Balaban J connectivity index is 1.70. The minimum absolute atomic E-state index is 0.154. The van der Waals surface area contributed by atoms with Crippen molar-refractivity contribution in [2.45, 2.75) is 37.8 Å². The fourth-order valence-corrected chi connectivity index (χ4v) is 4.89. The summed E-state index contributed by atoms with van der Waals surface area (Å²) in [5.41, 5.74) is 13.2. The second-order valence-electron chi connectivity index (χ2n) is 8.17. The van der Waals surface area contributed by atoms with E-state index in [1.165, 1.54) is 0 Å². The van der Waals surface area contributed by atoms with Gasteiger partial charge in [0, 0.05) is 16.7 Å². The minimum atomic E-state index is -0.693. The molecule has 2 aromatic carbocycles. The van der Waals surface area contributed by atoms with Gasteiger partial charge in [0.15, 0.2) is 17.3 Å². The lowest BCUT2D eigenvalue weighted by atomic mass is 9.86. The third-order valence-corrected chi connectivity index (χ3v) is 6.32. The number of carbonyl (C=O) groups is 1. The van der Waals surface area contributed by atoms with Crippen LogP contribution in [-0.2, 0) is 0 Å². The molecule has 0 amide bonds. The van der Waals surface area contributed by atoms with Crippen molar-refractivity contribution < 1.29 is 14.3 Å². The summed E-state index contributed by atoms with van der Waals surface area (Å²) in [6.07, 6.45) is 4.56. The summed E-state index contributed by atoms with van der Waals surface area (Å²) in [5.74, 6) is 1.21. The van der Waals surface area contributed by atoms with Crippen molar-refractivity contribution in [3.8, 4) is 11.5 Å². The van der Waals surface area contributed by atoms with Gasteiger partial charge in [-0.2, -0.15) is 4.99 Å². The highest BCUT2D eigenvalue weighted by molar-refractivity contribution is 6.31. The van der Waals surface area contributed by atoms with Crippen LogP contribution >= 0.6 is 11.6 Å². The van der Waals surface area contributed by atoms with Crippen LogP contribution in [-0.4, -0.2) is 36.6 Å². The number of hydrogen-bond donors (Lipinski definition) is 2. The van der Waals surface area contributed by atoms with Crippen molar-refractivity contribution in [3.05, 3.63) is 52.5 Å². The van der Waals surface area contributed by atoms with Gasteiger partial charge in [-0.05, 0) is 43.9 Å². The van der Waals surface area contributed by atoms with Crippen LogP contribution in [0.5, 0.6) is 11.5 Å². The third-order valence-electron chi connectivity index (χ3n) is 6.08. The Labute approximate surface area is 190 Å². The first kappa shape index (κ1) is 20.6. The van der Waals surface area contributed by atoms with Crippen LogP contribution in [0, 0.1) is 0 Å². The molecule has 5 rings (SSSR count). The highest BCUT2D eigenvalue weighted by atomic mass is 35.5. The van der Waals surface area contributed by atoms with Crippen LogP contribution in [0.15, 0.2) is 46.4 Å². The Kier molecular flexibility index (Phi) is 5.17. The second kappa shape index (κ2) is 8.02. The SMILES string of the molecule is NC1=NC2(CCCCC2)N(c2cc3c(cc2C(=O)c2cccc(Cl)c2)OCCO3)C(N)=N1. The number of aliphatic imine (C=N–C) groups is 2. The lowest BCUT2D eigenvalue weighted by molar-refractivity contribution is 0.103. The molecule has 1 saturated carbocycles. The molecule has 2 aromatic rings. The van der Waals surface area contributed by atoms with Gasteiger partial charge in [0.25, 0.3) is 0 Å². The smallest absolute Gasteiger partial charge is 0.220 e. The van der Waals surface area contributed by atoms with Crippen molar-refractivity contribution in [1.82, 2.24) is 0 Å². The van der Waals surface area contributed by atoms with E-state index in [0.29, 0.717) is 46.5 Å². The van der Waals surface area contributed by atoms with Gasteiger partial charge in [0.1, 0.15) is 18.9 Å². The number of ketones is 1. The maximum atomic E-state index is 13.7. The van der Waals surface area contributed by atoms with Gasteiger partial charge in [-0.25, -0.2) is 4.99 Å². The molecule has 3 aliphatic rings. The topological polar surface area (TPSA) is 116 Å². The zero-order chi connectivity index (χ0) is 22.3. The molecule has 166 valence electrons. The van der Waals surface area contributed by atoms with Crippen LogP contribution in [0.4, 0.5) is 5.69 Å². The zero-order valence-corrected chi connectivity index (χ0v) is 18.3. The second-order valence-corrected chi connectivity index (χ2v) is 8.61. The lowest BCUT2D eigenvalue weighted by Gasteiger charge is -2.46. The van der Waals surface area contributed by atoms with Crippen molar-refractivity contribution in [2.24, 2.45) is 21.5 Å². The van der Waals surface area contributed by atoms with E-state index in [2.05, 4.69) is 4.99 Å². The van der Waals surface area contributed by atoms with Gasteiger partial charge in [-0.1, -0.05) is 30.2 Å². The molecule has 1 fully saturated rings. The van der Waals surface area contributed by atoms with E-state index >= 15 is 0 Å². The molecule has 8 nitrogen and oxygen atoms in total. The largest absolute Gasteiger partial charge is 0.486 e. The average molecular weight is 454 g/mol. The average Bonchev–Trinajstić information content (AvgIpc) is 2.78. The highest BCUT2D eigenvalue weighted by Crippen LogP contribution is 2.45. The summed E-state index contributed by atoms with van der Waals surface area (Å²) in [4.78, 5) is 24.5. The molecule has 0 saturated heterocycles. The highest BCUT2D eigenvalue weighted by Gasteiger charge is 2.44. The van der Waals surface area contributed by atoms with Gasteiger partial charge < -0.3 is 20.9 Å². The quantitative estimate of drug-likeness (QED) is 0.687. The normalized spacial score (nSPS) is 19.3. The Morgan fingerprint density at radius 2 is 1.75 bits per heavy atom. The zero-order valence-electron chi connectivity index (χ0n) is 17.5. The first-order chi connectivity index (χ1) is 15.5. The van der Waals surface area contributed by atoms with E-state index in [-0.39, 0.29) is 17.7 Å². The fourth-order valence-electron chi connectivity index (χ4n) is 4.70. The molecular formula is C23H24ClN5O3. The number of carbonyl (C=O) groups excluding carboxylic acids is 1. The Morgan fingerprint density at radius 3 is 2.47 bits per heavy atom. The summed E-state index contributed by atoms with van der Waals surface area (Å²) < 4.78 is 11.6. The fraction of sp³-hybridized carbons (Fsp3) is 0.348. The molecular weight excluding hydrogens is 430 g/mol. The molecule has 32 heavy (non-hydrogen) atoms. The van der Waals surface area contributed by atoms with E-state index in [0.717, 1.165) is 32.1 Å². The molecule has 1 aliphatic carbocycles. The minimum Gasteiger partial charge on any atom is -0.486 e. The molecule has 0 radical (unpaired) electrons. The van der Waals surface area contributed by atoms with Crippen LogP contribution in [0.25, 0.3) is 0 Å². The van der Waals surface area contributed by atoms with E-state index in [1.807, 2.05) is 4.90 Å². The maximum absolute atomic E-state index is 13.7. The van der Waals surface area contributed by atoms with E-state index in [1.54, 1.807) is 36.4 Å². The first-order valence-electron chi connectivity index (χ1n) is 10.7. The standard InChI is InChI=1S/C23H24ClN5O3/c24-15-6-4-5-14(11-15)20(30)16-12-18-19(32-10-9-31-18)13-17(16)29-22(26)27-21(25)28-23(29)7-2-1-3-8-23/h4-6,11-13H,1-3,7-10H2,(H4,25,26,27,28). The number of anilines is 1. The summed E-state index contributed by atoms with van der Waals surface area (Å²) >= 11 is 6.16. The molecule has 9 heteroatoms. The predicted octanol–water partition coefficient (Wildman–Crippen LogP) is 3.45. The predicted molar refractivity (Wildman–Crippen MR) is 124 cm³/mol. The van der Waals surface area contributed by atoms with Crippen molar-refractivity contribution in [1.29, 1.82) is 0 Å². The van der Waals surface area contributed by atoms with Gasteiger partial charge in [-0.15, -0.1) is 0 Å². The summed E-state index contributed by atoms with van der Waals surface area (Å²) in [6, 6.07) is 10.4. The van der Waals surface area contributed by atoms with E-state index in [4.69, 9.17) is 37.5 Å².